The van der Waals surface area contributed by atoms with E-state index in [-0.39, 0.29) is 11.6 Å². The Kier molecular flexibility index (Phi) is 9.78. The van der Waals surface area contributed by atoms with Gasteiger partial charge in [-0.2, -0.15) is 0 Å². The van der Waals surface area contributed by atoms with Crippen LogP contribution in [-0.4, -0.2) is 16.7 Å². The van der Waals surface area contributed by atoms with Crippen LogP contribution in [0.4, 0.5) is 4.39 Å². The number of hydrogen-bond acceptors (Lipinski definition) is 4. The number of aromatic nitrogens is 1. The average Bonchev–Trinajstić information content (AvgIpc) is 3.25. The zero-order valence-electron chi connectivity index (χ0n) is 17.1. The van der Waals surface area contributed by atoms with Crippen LogP contribution in [0, 0.1) is 5.82 Å². The molecule has 0 unspecified atom stereocenters. The second-order valence-electron chi connectivity index (χ2n) is 7.07. The zero-order valence-corrected chi connectivity index (χ0v) is 17.8. The van der Waals surface area contributed by atoms with E-state index in [1.165, 1.54) is 18.4 Å². The summed E-state index contributed by atoms with van der Waals surface area (Å²) in [5.74, 6) is -0.240. The minimum Gasteiger partial charge on any atom is -0.364 e. The summed E-state index contributed by atoms with van der Waals surface area (Å²) in [5, 5.41) is 4.12. The van der Waals surface area contributed by atoms with Crippen molar-refractivity contribution in [2.45, 2.75) is 65.2 Å². The molecule has 0 spiro atoms. The lowest BCUT2D eigenvalue weighted by Crippen LogP contribution is -2.00. The van der Waals surface area contributed by atoms with Gasteiger partial charge in [0.15, 0.2) is 5.78 Å². The lowest BCUT2D eigenvalue weighted by molar-refractivity contribution is 0.0970. The Bertz CT molecular complexity index is 827. The molecular weight excluding hydrogens is 391 g/mol. The smallest absolute Gasteiger partial charge is 0.184 e. The maximum atomic E-state index is 13.1. The lowest BCUT2D eigenvalue weighted by atomic mass is 10.0. The molecular formula is C23H28ClFN2O2. The molecule has 2 aromatic rings. The van der Waals surface area contributed by atoms with Crippen LogP contribution in [0.1, 0.15) is 81.3 Å². The molecule has 0 saturated heterocycles. The maximum absolute atomic E-state index is 13.1. The van der Waals surface area contributed by atoms with Crippen molar-refractivity contribution in [3.63, 3.8) is 0 Å². The van der Waals surface area contributed by atoms with Gasteiger partial charge in [-0.1, -0.05) is 55.1 Å². The maximum Gasteiger partial charge on any atom is 0.184 e. The molecule has 1 heterocycles. The predicted molar refractivity (Wildman–Crippen MR) is 116 cm³/mol. The highest BCUT2D eigenvalue weighted by Gasteiger charge is 2.09. The molecule has 0 atom stereocenters. The second kappa shape index (κ2) is 12.3. The summed E-state index contributed by atoms with van der Waals surface area (Å²) in [7, 11) is 0. The first-order chi connectivity index (χ1) is 14.0. The van der Waals surface area contributed by atoms with Gasteiger partial charge in [-0.05, 0) is 55.9 Å². The summed E-state index contributed by atoms with van der Waals surface area (Å²) in [4.78, 5) is 16.5. The van der Waals surface area contributed by atoms with Gasteiger partial charge in [0.1, 0.15) is 22.9 Å². The van der Waals surface area contributed by atoms with Gasteiger partial charge in [-0.25, -0.2) is 9.38 Å². The molecule has 0 N–H and O–H groups in total. The molecule has 0 aliphatic rings. The number of aliphatic imine (C=N–C) groups is 1. The number of carbonyl (C=O) groups excluding carboxylic acids is 1. The summed E-state index contributed by atoms with van der Waals surface area (Å²) in [6.45, 7) is 4.02. The Morgan fingerprint density at radius 1 is 1.07 bits per heavy atom. The third-order valence-corrected chi connectivity index (χ3v) is 5.09. The van der Waals surface area contributed by atoms with Crippen LogP contribution in [0.3, 0.4) is 0 Å². The van der Waals surface area contributed by atoms with Gasteiger partial charge < -0.3 is 4.52 Å². The molecule has 6 heteroatoms. The fourth-order valence-electron chi connectivity index (χ4n) is 3.02. The topological polar surface area (TPSA) is 55.5 Å². The third kappa shape index (κ3) is 7.94. The highest BCUT2D eigenvalue weighted by Crippen LogP contribution is 2.23. The van der Waals surface area contributed by atoms with E-state index in [9.17, 15) is 9.18 Å². The van der Waals surface area contributed by atoms with Crippen LogP contribution in [0.5, 0.6) is 0 Å². The number of nitrogens with zero attached hydrogens (tertiary/aromatic N) is 2. The first kappa shape index (κ1) is 23.0. The van der Waals surface area contributed by atoms with Crippen molar-refractivity contribution in [1.82, 2.24) is 5.16 Å². The number of carbonyl (C=O) groups is 1. The van der Waals surface area contributed by atoms with Crippen LogP contribution < -0.4 is 0 Å². The molecule has 0 fully saturated rings. The van der Waals surface area contributed by atoms with Crippen molar-refractivity contribution in [2.24, 2.45) is 4.99 Å². The number of ketones is 1. The Morgan fingerprint density at radius 2 is 1.76 bits per heavy atom. The molecule has 0 saturated carbocycles. The van der Waals surface area contributed by atoms with Gasteiger partial charge in [-0.15, -0.1) is 0 Å². The lowest BCUT2D eigenvalue weighted by Gasteiger charge is -2.08. The molecule has 156 valence electrons. The van der Waals surface area contributed by atoms with Crippen LogP contribution in [0.25, 0.3) is 5.57 Å². The molecule has 0 aliphatic heterocycles. The highest BCUT2D eigenvalue weighted by atomic mass is 35.5. The van der Waals surface area contributed by atoms with Gasteiger partial charge in [-0.3, -0.25) is 4.79 Å². The van der Waals surface area contributed by atoms with Crippen molar-refractivity contribution in [3.8, 4) is 0 Å². The first-order valence-corrected chi connectivity index (χ1v) is 10.5. The molecule has 0 aliphatic carbocycles. The van der Waals surface area contributed by atoms with Gasteiger partial charge in [0.2, 0.25) is 0 Å². The summed E-state index contributed by atoms with van der Waals surface area (Å²) in [6, 6.07) is 7.87. The third-order valence-electron chi connectivity index (χ3n) is 4.72. The first-order valence-electron chi connectivity index (χ1n) is 10.1. The van der Waals surface area contributed by atoms with Gasteiger partial charge in [0.05, 0.1) is 0 Å². The molecule has 1 aromatic carbocycles. The second-order valence-corrected chi connectivity index (χ2v) is 7.43. The molecule has 2 rings (SSSR count). The Hall–Kier alpha value is -2.27. The summed E-state index contributed by atoms with van der Waals surface area (Å²) in [5.41, 5.74) is 3.19. The normalized spacial score (nSPS) is 12.8. The number of unbranched alkanes of at least 4 members (excludes halogenated alkanes) is 3. The van der Waals surface area contributed by atoms with E-state index >= 15 is 0 Å². The predicted octanol–water partition coefficient (Wildman–Crippen LogP) is 7.21. The largest absolute Gasteiger partial charge is 0.364 e. The summed E-state index contributed by atoms with van der Waals surface area (Å²) >= 11 is 6.43. The van der Waals surface area contributed by atoms with Crippen molar-refractivity contribution in [3.05, 3.63) is 58.8 Å². The Labute approximate surface area is 176 Å². The van der Waals surface area contributed by atoms with Crippen LogP contribution in [0.15, 0.2) is 51.3 Å². The molecule has 1 aromatic heterocycles. The van der Waals surface area contributed by atoms with Gasteiger partial charge in [0.25, 0.3) is 0 Å². The number of allylic oxidation sites excluding steroid dienone is 1. The summed E-state index contributed by atoms with van der Waals surface area (Å²) in [6.07, 6.45) is 8.58. The monoisotopic (exact) mass is 418 g/mol. The fraction of sp³-hybridized carbons (Fsp3) is 0.435. The van der Waals surface area contributed by atoms with Crippen LogP contribution in [0.2, 0.25) is 0 Å². The van der Waals surface area contributed by atoms with Gasteiger partial charge >= 0.3 is 0 Å². The number of benzene rings is 1. The van der Waals surface area contributed by atoms with E-state index in [1.54, 1.807) is 18.2 Å². The standard InChI is InChI=1S/C23H28ClFN2O2/c1-3-8-20(26-23(24)17(2)18-11-13-19(25)14-12-18)9-6-4-5-7-10-22(28)21-15-16-29-27-21/h11-16H,3-10H2,1-2H3/b23-17+,26-20?. The van der Waals surface area contributed by atoms with Crippen LogP contribution in [-0.2, 0) is 0 Å². The van der Waals surface area contributed by atoms with Crippen molar-refractivity contribution in [2.75, 3.05) is 0 Å². The highest BCUT2D eigenvalue weighted by molar-refractivity contribution is 6.33. The molecule has 0 bridgehead atoms. The molecule has 29 heavy (non-hydrogen) atoms. The van der Waals surface area contributed by atoms with E-state index in [0.29, 0.717) is 17.3 Å². The number of hydrogen-bond donors (Lipinski definition) is 0. The minimum absolute atomic E-state index is 0.0279. The number of rotatable bonds is 12. The van der Waals surface area contributed by atoms with Crippen molar-refractivity contribution < 1.29 is 13.7 Å². The number of Topliss-reactive ketones (excluding diaryl/α,β-unsaturated/α-hetero) is 1. The van der Waals surface area contributed by atoms with Gasteiger partial charge in [0, 0.05) is 18.2 Å². The fourth-order valence-corrected chi connectivity index (χ4v) is 3.25. The SMILES string of the molecule is CCCC(CCCCCCC(=O)c1ccon1)=N/C(Cl)=C(\C)c1ccc(F)cc1. The zero-order chi connectivity index (χ0) is 21.1. The Morgan fingerprint density at radius 3 is 2.38 bits per heavy atom. The molecule has 4 nitrogen and oxygen atoms in total. The van der Waals surface area contributed by atoms with Crippen molar-refractivity contribution in [1.29, 1.82) is 0 Å². The van der Waals surface area contributed by atoms with E-state index in [1.807, 2.05) is 6.92 Å². The van der Waals surface area contributed by atoms with E-state index in [4.69, 9.17) is 16.1 Å². The van der Waals surface area contributed by atoms with E-state index in [2.05, 4.69) is 17.1 Å². The quantitative estimate of drug-likeness (QED) is 0.158. The average molecular weight is 419 g/mol. The van der Waals surface area contributed by atoms with Crippen molar-refractivity contribution >= 4 is 28.7 Å². The van der Waals surface area contributed by atoms with E-state index in [0.717, 1.165) is 61.8 Å². The molecule has 0 radical (unpaired) electrons. The minimum atomic E-state index is -0.268. The van der Waals surface area contributed by atoms with E-state index < -0.39 is 0 Å². The number of halogens is 2. The molecule has 0 amide bonds. The Balaban J connectivity index is 1.81. The summed E-state index contributed by atoms with van der Waals surface area (Å²) < 4.78 is 17.8. The van der Waals surface area contributed by atoms with Crippen LogP contribution >= 0.6 is 11.6 Å².